The van der Waals surface area contributed by atoms with Gasteiger partial charge in [0.15, 0.2) is 5.96 Å². The van der Waals surface area contributed by atoms with Crippen molar-refractivity contribution in [2.45, 2.75) is 39.5 Å². The van der Waals surface area contributed by atoms with E-state index in [9.17, 15) is 0 Å². The third kappa shape index (κ3) is 7.14. The lowest BCUT2D eigenvalue weighted by atomic mass is 10.1. The van der Waals surface area contributed by atoms with Crippen LogP contribution in [0.25, 0.3) is 0 Å². The van der Waals surface area contributed by atoms with Crippen LogP contribution in [-0.2, 0) is 11.2 Å². The van der Waals surface area contributed by atoms with Crippen molar-refractivity contribution < 1.29 is 4.74 Å². The summed E-state index contributed by atoms with van der Waals surface area (Å²) in [5, 5.41) is 3.11. The highest BCUT2D eigenvalue weighted by atomic mass is 16.5. The van der Waals surface area contributed by atoms with E-state index in [-0.39, 0.29) is 0 Å². The molecule has 1 rings (SSSR count). The average Bonchev–Trinajstić information content (AvgIpc) is 2.46. The van der Waals surface area contributed by atoms with E-state index < -0.39 is 0 Å². The van der Waals surface area contributed by atoms with Gasteiger partial charge in [0.2, 0.25) is 0 Å². The Morgan fingerprint density at radius 2 is 2.05 bits per heavy atom. The smallest absolute Gasteiger partial charge is 0.193 e. The van der Waals surface area contributed by atoms with Crippen LogP contribution in [0.3, 0.4) is 0 Å². The maximum absolute atomic E-state index is 5.86. The van der Waals surface area contributed by atoms with E-state index in [1.54, 1.807) is 0 Å². The fourth-order valence-electron chi connectivity index (χ4n) is 1.77. The number of benzene rings is 1. The SMILES string of the molecule is CCCCOCCCN=C(N)Nc1cccc(CC)c1. The number of guanidine groups is 1. The van der Waals surface area contributed by atoms with E-state index >= 15 is 0 Å². The number of nitrogens with one attached hydrogen (secondary N) is 1. The van der Waals surface area contributed by atoms with E-state index in [1.807, 2.05) is 12.1 Å². The van der Waals surface area contributed by atoms with Gasteiger partial charge >= 0.3 is 0 Å². The van der Waals surface area contributed by atoms with E-state index in [2.05, 4.69) is 36.3 Å². The minimum atomic E-state index is 0.465. The van der Waals surface area contributed by atoms with Crippen molar-refractivity contribution in [3.63, 3.8) is 0 Å². The summed E-state index contributed by atoms with van der Waals surface area (Å²) in [6, 6.07) is 8.22. The van der Waals surface area contributed by atoms with Gasteiger partial charge in [0, 0.05) is 25.4 Å². The van der Waals surface area contributed by atoms with Crippen molar-refractivity contribution >= 4 is 11.6 Å². The molecule has 0 atom stereocenters. The van der Waals surface area contributed by atoms with E-state index in [0.29, 0.717) is 12.5 Å². The maximum Gasteiger partial charge on any atom is 0.193 e. The lowest BCUT2D eigenvalue weighted by Gasteiger charge is -2.07. The van der Waals surface area contributed by atoms with Gasteiger partial charge in [-0.2, -0.15) is 0 Å². The maximum atomic E-state index is 5.86. The van der Waals surface area contributed by atoms with Crippen LogP contribution >= 0.6 is 0 Å². The average molecular weight is 277 g/mol. The second kappa shape index (κ2) is 10.3. The molecule has 0 aromatic heterocycles. The van der Waals surface area contributed by atoms with Crippen molar-refractivity contribution in [1.29, 1.82) is 0 Å². The summed E-state index contributed by atoms with van der Waals surface area (Å²) < 4.78 is 5.47. The fraction of sp³-hybridized carbons (Fsp3) is 0.562. The lowest BCUT2D eigenvalue weighted by Crippen LogP contribution is -2.23. The molecule has 0 heterocycles. The summed E-state index contributed by atoms with van der Waals surface area (Å²) in [6.45, 7) is 6.58. The lowest BCUT2D eigenvalue weighted by molar-refractivity contribution is 0.130. The molecule has 0 spiro atoms. The molecule has 4 nitrogen and oxygen atoms in total. The molecule has 112 valence electrons. The van der Waals surface area contributed by atoms with Crippen molar-refractivity contribution in [2.24, 2.45) is 10.7 Å². The second-order valence-corrected chi connectivity index (χ2v) is 4.77. The largest absolute Gasteiger partial charge is 0.381 e. The molecule has 0 aliphatic heterocycles. The van der Waals surface area contributed by atoms with Gasteiger partial charge in [-0.1, -0.05) is 32.4 Å². The van der Waals surface area contributed by atoms with Crippen LogP contribution in [0, 0.1) is 0 Å². The summed E-state index contributed by atoms with van der Waals surface area (Å²) >= 11 is 0. The molecule has 0 unspecified atom stereocenters. The first kappa shape index (κ1) is 16.5. The Labute approximate surface area is 122 Å². The van der Waals surface area contributed by atoms with Gasteiger partial charge < -0.3 is 15.8 Å². The minimum absolute atomic E-state index is 0.465. The zero-order chi connectivity index (χ0) is 14.6. The van der Waals surface area contributed by atoms with Crippen LogP contribution in [0.5, 0.6) is 0 Å². The topological polar surface area (TPSA) is 59.6 Å². The first-order chi connectivity index (χ1) is 9.76. The molecule has 0 aliphatic rings. The Morgan fingerprint density at radius 1 is 1.25 bits per heavy atom. The number of rotatable bonds is 9. The molecule has 1 aromatic rings. The zero-order valence-corrected chi connectivity index (χ0v) is 12.7. The van der Waals surface area contributed by atoms with Gasteiger partial charge in [-0.15, -0.1) is 0 Å². The highest BCUT2D eigenvalue weighted by Crippen LogP contribution is 2.10. The molecule has 3 N–H and O–H groups in total. The molecule has 0 saturated heterocycles. The number of ether oxygens (including phenoxy) is 1. The zero-order valence-electron chi connectivity index (χ0n) is 12.7. The van der Waals surface area contributed by atoms with E-state index in [4.69, 9.17) is 10.5 Å². The van der Waals surface area contributed by atoms with Gasteiger partial charge in [-0.05, 0) is 37.0 Å². The highest BCUT2D eigenvalue weighted by molar-refractivity contribution is 5.92. The molecule has 4 heteroatoms. The number of nitrogens with two attached hydrogens (primary N) is 1. The van der Waals surface area contributed by atoms with E-state index in [1.165, 1.54) is 12.0 Å². The minimum Gasteiger partial charge on any atom is -0.381 e. The summed E-state index contributed by atoms with van der Waals surface area (Å²) in [4.78, 5) is 4.30. The third-order valence-electron chi connectivity index (χ3n) is 2.98. The van der Waals surface area contributed by atoms with Crippen molar-refractivity contribution in [3.05, 3.63) is 29.8 Å². The summed E-state index contributed by atoms with van der Waals surface area (Å²) in [5.41, 5.74) is 8.13. The normalized spacial score (nSPS) is 11.6. The Kier molecular flexibility index (Phi) is 8.47. The number of aryl methyl sites for hydroxylation is 1. The van der Waals surface area contributed by atoms with Crippen LogP contribution in [0.4, 0.5) is 5.69 Å². The number of anilines is 1. The number of hydrogen-bond acceptors (Lipinski definition) is 2. The Bertz CT molecular complexity index is 404. The van der Waals surface area contributed by atoms with Crippen LogP contribution in [-0.4, -0.2) is 25.7 Å². The van der Waals surface area contributed by atoms with Crippen LogP contribution in [0.15, 0.2) is 29.3 Å². The predicted octanol–water partition coefficient (Wildman–Crippen LogP) is 3.18. The Morgan fingerprint density at radius 3 is 2.80 bits per heavy atom. The molecular weight excluding hydrogens is 250 g/mol. The third-order valence-corrected chi connectivity index (χ3v) is 2.98. The van der Waals surface area contributed by atoms with Crippen molar-refractivity contribution in [1.82, 2.24) is 0 Å². The Hall–Kier alpha value is -1.55. The van der Waals surface area contributed by atoms with Gasteiger partial charge in [0.05, 0.1) is 0 Å². The monoisotopic (exact) mass is 277 g/mol. The number of hydrogen-bond donors (Lipinski definition) is 2. The Balaban J connectivity index is 2.23. The standard InChI is InChI=1S/C16H27N3O/c1-3-5-11-20-12-7-10-18-16(17)19-15-9-6-8-14(4-2)13-15/h6,8-9,13H,3-5,7,10-12H2,1-2H3,(H3,17,18,19). The van der Waals surface area contributed by atoms with Crippen LogP contribution in [0.2, 0.25) is 0 Å². The molecule has 0 radical (unpaired) electrons. The van der Waals surface area contributed by atoms with Gasteiger partial charge in [-0.3, -0.25) is 4.99 Å². The second-order valence-electron chi connectivity index (χ2n) is 4.77. The van der Waals surface area contributed by atoms with Gasteiger partial charge in [0.25, 0.3) is 0 Å². The fourth-order valence-corrected chi connectivity index (χ4v) is 1.77. The quantitative estimate of drug-likeness (QED) is 0.414. The number of aliphatic imine (C=N–C) groups is 1. The molecule has 0 aliphatic carbocycles. The molecule has 20 heavy (non-hydrogen) atoms. The van der Waals surface area contributed by atoms with E-state index in [0.717, 1.165) is 38.2 Å². The predicted molar refractivity (Wildman–Crippen MR) is 86.3 cm³/mol. The van der Waals surface area contributed by atoms with Gasteiger partial charge in [0.1, 0.15) is 0 Å². The number of nitrogens with zero attached hydrogens (tertiary/aromatic N) is 1. The van der Waals surface area contributed by atoms with Crippen LogP contribution in [0.1, 0.15) is 38.7 Å². The molecule has 0 saturated carbocycles. The molecular formula is C16H27N3O. The first-order valence-corrected chi connectivity index (χ1v) is 7.49. The summed E-state index contributed by atoms with van der Waals surface area (Å²) in [6.07, 6.45) is 4.22. The molecule has 1 aromatic carbocycles. The molecule has 0 amide bonds. The number of unbranched alkanes of at least 4 members (excludes halogenated alkanes) is 1. The van der Waals surface area contributed by atoms with Crippen molar-refractivity contribution in [2.75, 3.05) is 25.1 Å². The first-order valence-electron chi connectivity index (χ1n) is 7.49. The summed E-state index contributed by atoms with van der Waals surface area (Å²) in [7, 11) is 0. The van der Waals surface area contributed by atoms with Crippen molar-refractivity contribution in [3.8, 4) is 0 Å². The van der Waals surface area contributed by atoms with Crippen LogP contribution < -0.4 is 11.1 Å². The summed E-state index contributed by atoms with van der Waals surface area (Å²) in [5.74, 6) is 0.465. The molecule has 0 bridgehead atoms. The highest BCUT2D eigenvalue weighted by Gasteiger charge is 1.96. The van der Waals surface area contributed by atoms with Gasteiger partial charge in [-0.25, -0.2) is 0 Å². The molecule has 0 fully saturated rings.